The van der Waals surface area contributed by atoms with Crippen LogP contribution in [0.2, 0.25) is 0 Å². The number of benzene rings is 1. The van der Waals surface area contributed by atoms with Crippen LogP contribution in [0.25, 0.3) is 11.5 Å². The van der Waals surface area contributed by atoms with Gasteiger partial charge in [0.15, 0.2) is 11.5 Å². The van der Waals surface area contributed by atoms with Crippen molar-refractivity contribution in [2.24, 2.45) is 0 Å². The molecular formula is C19H18N2O4. The zero-order chi connectivity index (χ0) is 17.2. The first-order valence-electron chi connectivity index (χ1n) is 8.22. The summed E-state index contributed by atoms with van der Waals surface area (Å²) in [6.45, 7) is 0.707. The molecule has 1 fully saturated rings. The lowest BCUT2D eigenvalue weighted by Crippen LogP contribution is -2.30. The summed E-state index contributed by atoms with van der Waals surface area (Å²) in [6, 6.07) is 13.1. The van der Waals surface area contributed by atoms with Crippen molar-refractivity contribution in [3.8, 4) is 17.3 Å². The number of carbonyl (C=O) groups is 1. The Kier molecular flexibility index (Phi) is 4.01. The maximum atomic E-state index is 12.9. The highest BCUT2D eigenvalue weighted by Gasteiger charge is 2.32. The van der Waals surface area contributed by atoms with Gasteiger partial charge in [0, 0.05) is 12.6 Å². The number of nitrogens with zero attached hydrogens (tertiary/aromatic N) is 2. The summed E-state index contributed by atoms with van der Waals surface area (Å²) in [7, 11) is 1.64. The van der Waals surface area contributed by atoms with E-state index in [0.717, 1.165) is 24.2 Å². The smallest absolute Gasteiger partial charge is 0.276 e. The first-order valence-corrected chi connectivity index (χ1v) is 8.22. The third kappa shape index (κ3) is 2.91. The highest BCUT2D eigenvalue weighted by Crippen LogP contribution is 2.34. The molecule has 1 aromatic carbocycles. The Balaban J connectivity index is 1.56. The molecule has 1 saturated heterocycles. The second kappa shape index (κ2) is 6.47. The number of rotatable bonds is 4. The molecule has 2 aromatic heterocycles. The fraction of sp³-hybridized carbons (Fsp3) is 0.263. The first kappa shape index (κ1) is 15.5. The van der Waals surface area contributed by atoms with Crippen LogP contribution in [0.5, 0.6) is 5.75 Å². The molecule has 3 aromatic rings. The van der Waals surface area contributed by atoms with Crippen LogP contribution < -0.4 is 4.74 Å². The number of carbonyl (C=O) groups excluding carboxylic acids is 1. The lowest BCUT2D eigenvalue weighted by atomic mass is 10.0. The van der Waals surface area contributed by atoms with Crippen LogP contribution in [0.15, 0.2) is 57.7 Å². The molecule has 0 bridgehead atoms. The molecule has 1 aliphatic heterocycles. The van der Waals surface area contributed by atoms with Crippen LogP contribution in [0, 0.1) is 0 Å². The summed E-state index contributed by atoms with van der Waals surface area (Å²) in [5.41, 5.74) is 1.40. The maximum absolute atomic E-state index is 12.9. The van der Waals surface area contributed by atoms with Crippen LogP contribution in [0.3, 0.4) is 0 Å². The molecule has 0 radical (unpaired) electrons. The predicted molar refractivity (Wildman–Crippen MR) is 90.2 cm³/mol. The van der Waals surface area contributed by atoms with Gasteiger partial charge in [-0.1, -0.05) is 17.3 Å². The van der Waals surface area contributed by atoms with E-state index in [1.165, 1.54) is 0 Å². The van der Waals surface area contributed by atoms with E-state index in [1.54, 1.807) is 31.6 Å². The second-order valence-corrected chi connectivity index (χ2v) is 5.98. The molecule has 0 spiro atoms. The molecule has 1 atom stereocenters. The highest BCUT2D eigenvalue weighted by molar-refractivity contribution is 5.93. The molecule has 6 nitrogen and oxygen atoms in total. The van der Waals surface area contributed by atoms with Crippen molar-refractivity contribution < 1.29 is 18.5 Å². The molecule has 0 unspecified atom stereocenters. The SMILES string of the molecule is COc1ccc([C@@H]2CCCN2C(=O)c2cc(-c3ccco3)on2)cc1. The molecule has 0 N–H and O–H groups in total. The third-order valence-corrected chi connectivity index (χ3v) is 4.51. The van der Waals surface area contributed by atoms with Crippen LogP contribution in [0.4, 0.5) is 0 Å². The average Bonchev–Trinajstić information content (AvgIpc) is 3.42. The van der Waals surface area contributed by atoms with Gasteiger partial charge in [0.1, 0.15) is 5.75 Å². The zero-order valence-corrected chi connectivity index (χ0v) is 13.8. The summed E-state index contributed by atoms with van der Waals surface area (Å²) in [5, 5.41) is 3.93. The Hall–Kier alpha value is -3.02. The number of methoxy groups -OCH3 is 1. The first-order chi connectivity index (χ1) is 12.3. The van der Waals surface area contributed by atoms with Crippen molar-refractivity contribution in [2.75, 3.05) is 13.7 Å². The van der Waals surface area contributed by atoms with E-state index in [0.29, 0.717) is 23.8 Å². The molecular weight excluding hydrogens is 320 g/mol. The molecule has 6 heteroatoms. The lowest BCUT2D eigenvalue weighted by molar-refractivity contribution is 0.0725. The summed E-state index contributed by atoms with van der Waals surface area (Å²) < 4.78 is 15.7. The Morgan fingerprint density at radius 1 is 1.24 bits per heavy atom. The summed E-state index contributed by atoms with van der Waals surface area (Å²) in [5.74, 6) is 1.69. The van der Waals surface area contributed by atoms with E-state index in [2.05, 4.69) is 5.16 Å². The Morgan fingerprint density at radius 2 is 2.08 bits per heavy atom. The number of aromatic nitrogens is 1. The molecule has 1 aliphatic rings. The normalized spacial score (nSPS) is 17.0. The van der Waals surface area contributed by atoms with Crippen molar-refractivity contribution in [2.45, 2.75) is 18.9 Å². The van der Waals surface area contributed by atoms with Crippen molar-refractivity contribution in [1.29, 1.82) is 0 Å². The quantitative estimate of drug-likeness (QED) is 0.721. The second-order valence-electron chi connectivity index (χ2n) is 5.98. The average molecular weight is 338 g/mol. The third-order valence-electron chi connectivity index (χ3n) is 4.51. The molecule has 0 aliphatic carbocycles. The number of hydrogen-bond acceptors (Lipinski definition) is 5. The summed E-state index contributed by atoms with van der Waals surface area (Å²) in [4.78, 5) is 14.7. The van der Waals surface area contributed by atoms with Gasteiger partial charge in [0.25, 0.3) is 5.91 Å². The number of hydrogen-bond donors (Lipinski definition) is 0. The number of furan rings is 1. The van der Waals surface area contributed by atoms with Gasteiger partial charge < -0.3 is 18.6 Å². The van der Waals surface area contributed by atoms with Gasteiger partial charge in [-0.25, -0.2) is 0 Å². The largest absolute Gasteiger partial charge is 0.497 e. The Bertz CT molecular complexity index is 852. The monoisotopic (exact) mass is 338 g/mol. The number of likely N-dealkylation sites (tertiary alicyclic amines) is 1. The minimum atomic E-state index is -0.125. The van der Waals surface area contributed by atoms with E-state index in [-0.39, 0.29) is 11.9 Å². The fourth-order valence-corrected chi connectivity index (χ4v) is 3.24. The van der Waals surface area contributed by atoms with Gasteiger partial charge in [0.05, 0.1) is 19.4 Å². The molecule has 128 valence electrons. The minimum Gasteiger partial charge on any atom is -0.497 e. The van der Waals surface area contributed by atoms with Gasteiger partial charge in [-0.3, -0.25) is 4.79 Å². The molecule has 0 saturated carbocycles. The summed E-state index contributed by atoms with van der Waals surface area (Å²) in [6.07, 6.45) is 3.45. The minimum absolute atomic E-state index is 0.0437. The number of amides is 1. The predicted octanol–water partition coefficient (Wildman–Crippen LogP) is 3.92. The van der Waals surface area contributed by atoms with Gasteiger partial charge in [0.2, 0.25) is 5.76 Å². The van der Waals surface area contributed by atoms with Gasteiger partial charge >= 0.3 is 0 Å². The van der Waals surface area contributed by atoms with Gasteiger partial charge in [-0.15, -0.1) is 0 Å². The van der Waals surface area contributed by atoms with E-state index in [4.69, 9.17) is 13.7 Å². The summed E-state index contributed by atoms with van der Waals surface area (Å²) >= 11 is 0. The fourth-order valence-electron chi connectivity index (χ4n) is 3.24. The van der Waals surface area contributed by atoms with Crippen LogP contribution in [0.1, 0.15) is 34.9 Å². The van der Waals surface area contributed by atoms with Gasteiger partial charge in [-0.2, -0.15) is 0 Å². The number of ether oxygens (including phenoxy) is 1. The van der Waals surface area contributed by atoms with Crippen LogP contribution in [-0.4, -0.2) is 29.6 Å². The van der Waals surface area contributed by atoms with E-state index in [9.17, 15) is 4.79 Å². The topological polar surface area (TPSA) is 68.7 Å². The Labute approximate surface area is 145 Å². The van der Waals surface area contributed by atoms with Crippen molar-refractivity contribution >= 4 is 5.91 Å². The van der Waals surface area contributed by atoms with E-state index >= 15 is 0 Å². The van der Waals surface area contributed by atoms with Crippen LogP contribution in [-0.2, 0) is 0 Å². The van der Waals surface area contributed by atoms with Crippen LogP contribution >= 0.6 is 0 Å². The standard InChI is InChI=1S/C19H18N2O4/c1-23-14-8-6-13(7-9-14)16-4-2-10-21(16)19(22)15-12-18(25-20-15)17-5-3-11-24-17/h3,5-9,11-12,16H,2,4,10H2,1H3/t16-/m0/s1. The van der Waals surface area contributed by atoms with Crippen molar-refractivity contribution in [1.82, 2.24) is 10.1 Å². The molecule has 1 amide bonds. The Morgan fingerprint density at radius 3 is 2.80 bits per heavy atom. The van der Waals surface area contributed by atoms with E-state index < -0.39 is 0 Å². The molecule has 3 heterocycles. The zero-order valence-electron chi connectivity index (χ0n) is 13.8. The highest BCUT2D eigenvalue weighted by atomic mass is 16.5. The van der Waals surface area contributed by atoms with E-state index in [1.807, 2.05) is 29.2 Å². The lowest BCUT2D eigenvalue weighted by Gasteiger charge is -2.24. The van der Waals surface area contributed by atoms with Crippen molar-refractivity contribution in [3.63, 3.8) is 0 Å². The maximum Gasteiger partial charge on any atom is 0.276 e. The molecule has 25 heavy (non-hydrogen) atoms. The van der Waals surface area contributed by atoms with Crippen molar-refractivity contribution in [3.05, 3.63) is 60.0 Å². The molecule has 4 rings (SSSR count). The van der Waals surface area contributed by atoms with Gasteiger partial charge in [-0.05, 0) is 42.7 Å².